The Morgan fingerprint density at radius 1 is 1.24 bits per heavy atom. The number of rotatable bonds is 7. The minimum atomic E-state index is -0.273. The molecule has 3 N–H and O–H groups in total. The zero-order chi connectivity index (χ0) is 19.8. The molecule has 0 aliphatic carbocycles. The highest BCUT2D eigenvalue weighted by Gasteiger charge is 2.09. The Balaban J connectivity index is 0.00000300. The molecule has 2 heterocycles. The molecule has 0 unspecified atom stereocenters. The van der Waals surface area contributed by atoms with Gasteiger partial charge in [0.15, 0.2) is 11.7 Å². The minimum absolute atomic E-state index is 0. The van der Waals surface area contributed by atoms with Gasteiger partial charge < -0.3 is 20.4 Å². The van der Waals surface area contributed by atoms with E-state index in [1.807, 2.05) is 31.2 Å². The van der Waals surface area contributed by atoms with E-state index in [1.54, 1.807) is 30.5 Å². The van der Waals surface area contributed by atoms with Gasteiger partial charge in [-0.15, -0.1) is 35.3 Å². The van der Waals surface area contributed by atoms with E-state index in [2.05, 4.69) is 31.3 Å². The number of hydrogen-bond acceptors (Lipinski definition) is 5. The predicted octanol–water partition coefficient (Wildman–Crippen LogP) is 3.82. The summed E-state index contributed by atoms with van der Waals surface area (Å²) in [5.41, 5.74) is 2.82. The highest BCUT2D eigenvalue weighted by atomic mass is 127. The van der Waals surface area contributed by atoms with E-state index in [0.717, 1.165) is 35.2 Å². The van der Waals surface area contributed by atoms with Crippen molar-refractivity contribution in [1.82, 2.24) is 15.6 Å². The maximum Gasteiger partial charge on any atom is 0.291 e. The number of aromatic nitrogens is 1. The molecule has 0 fully saturated rings. The molecule has 29 heavy (non-hydrogen) atoms. The van der Waals surface area contributed by atoms with Gasteiger partial charge in [-0.2, -0.15) is 0 Å². The van der Waals surface area contributed by atoms with Gasteiger partial charge in [0.1, 0.15) is 0 Å². The molecule has 0 spiro atoms. The van der Waals surface area contributed by atoms with E-state index in [0.29, 0.717) is 12.2 Å². The number of nitrogens with zero attached hydrogens (tertiary/aromatic N) is 2. The lowest BCUT2D eigenvalue weighted by atomic mass is 10.2. The third kappa shape index (κ3) is 7.17. The third-order valence-electron chi connectivity index (χ3n) is 3.95. The Kier molecular flexibility index (Phi) is 9.13. The molecule has 0 radical (unpaired) electrons. The molecule has 0 bridgehead atoms. The first kappa shape index (κ1) is 22.9. The Bertz CT molecular complexity index is 940. The van der Waals surface area contributed by atoms with Crippen molar-refractivity contribution in [2.75, 3.05) is 18.9 Å². The SMILES string of the molecule is CN=C(NCCc1csc(C)n1)NCc1cccc(NC(=O)c2ccco2)c1.I. The Hall–Kier alpha value is -2.40. The van der Waals surface area contributed by atoms with Crippen LogP contribution in [0.15, 0.2) is 57.5 Å². The fraction of sp³-hybridized carbons (Fsp3) is 0.250. The number of hydrogen-bond donors (Lipinski definition) is 3. The second-order valence-electron chi connectivity index (χ2n) is 6.09. The number of halogens is 1. The fourth-order valence-electron chi connectivity index (χ4n) is 2.60. The molecule has 0 aliphatic rings. The summed E-state index contributed by atoms with van der Waals surface area (Å²) in [6.45, 7) is 3.34. The number of anilines is 1. The third-order valence-corrected chi connectivity index (χ3v) is 4.78. The van der Waals surface area contributed by atoms with Gasteiger partial charge in [0.2, 0.25) is 0 Å². The van der Waals surface area contributed by atoms with Crippen LogP contribution in [-0.4, -0.2) is 30.4 Å². The van der Waals surface area contributed by atoms with Crippen LogP contribution in [0.2, 0.25) is 0 Å². The molecule has 3 rings (SSSR count). The largest absolute Gasteiger partial charge is 0.459 e. The maximum absolute atomic E-state index is 12.1. The summed E-state index contributed by atoms with van der Waals surface area (Å²) in [5.74, 6) is 0.727. The van der Waals surface area contributed by atoms with Gasteiger partial charge in [-0.25, -0.2) is 4.98 Å². The Morgan fingerprint density at radius 3 is 2.79 bits per heavy atom. The highest BCUT2D eigenvalue weighted by Crippen LogP contribution is 2.13. The maximum atomic E-state index is 12.1. The number of guanidine groups is 1. The summed E-state index contributed by atoms with van der Waals surface area (Å²) in [6, 6.07) is 11.0. The van der Waals surface area contributed by atoms with Crippen LogP contribution in [0.4, 0.5) is 5.69 Å². The zero-order valence-corrected chi connectivity index (χ0v) is 19.4. The van der Waals surface area contributed by atoms with Gasteiger partial charge in [-0.05, 0) is 36.8 Å². The number of aryl methyl sites for hydroxylation is 1. The second kappa shape index (κ2) is 11.6. The average Bonchev–Trinajstić information content (AvgIpc) is 3.37. The summed E-state index contributed by atoms with van der Waals surface area (Å²) in [7, 11) is 1.74. The molecule has 3 aromatic rings. The lowest BCUT2D eigenvalue weighted by Gasteiger charge is -2.12. The van der Waals surface area contributed by atoms with Gasteiger partial charge in [-0.3, -0.25) is 9.79 Å². The quantitative estimate of drug-likeness (QED) is 0.248. The van der Waals surface area contributed by atoms with E-state index < -0.39 is 0 Å². The molecular weight excluding hydrogens is 501 g/mol. The van der Waals surface area contributed by atoms with E-state index in [4.69, 9.17) is 4.42 Å². The zero-order valence-electron chi connectivity index (χ0n) is 16.3. The van der Waals surface area contributed by atoms with Crippen molar-refractivity contribution in [3.63, 3.8) is 0 Å². The van der Waals surface area contributed by atoms with Crippen LogP contribution in [0.1, 0.15) is 26.8 Å². The summed E-state index contributed by atoms with van der Waals surface area (Å²) >= 11 is 1.66. The number of furan rings is 1. The summed E-state index contributed by atoms with van der Waals surface area (Å²) in [5, 5.41) is 12.5. The normalized spacial score (nSPS) is 10.9. The summed E-state index contributed by atoms with van der Waals surface area (Å²) in [6.07, 6.45) is 2.32. The minimum Gasteiger partial charge on any atom is -0.459 e. The first-order valence-electron chi connectivity index (χ1n) is 8.93. The average molecular weight is 525 g/mol. The van der Waals surface area contributed by atoms with Gasteiger partial charge in [0.25, 0.3) is 5.91 Å². The molecule has 1 aromatic carbocycles. The van der Waals surface area contributed by atoms with Crippen molar-refractivity contribution in [3.8, 4) is 0 Å². The first-order chi connectivity index (χ1) is 13.6. The van der Waals surface area contributed by atoms with Crippen LogP contribution in [-0.2, 0) is 13.0 Å². The van der Waals surface area contributed by atoms with Crippen LogP contribution < -0.4 is 16.0 Å². The predicted molar refractivity (Wildman–Crippen MR) is 127 cm³/mol. The monoisotopic (exact) mass is 525 g/mol. The lowest BCUT2D eigenvalue weighted by molar-refractivity contribution is 0.0996. The highest BCUT2D eigenvalue weighted by molar-refractivity contribution is 14.0. The number of aliphatic imine (C=N–C) groups is 1. The lowest BCUT2D eigenvalue weighted by Crippen LogP contribution is -2.37. The van der Waals surface area contributed by atoms with Gasteiger partial charge in [-0.1, -0.05) is 12.1 Å². The number of benzene rings is 1. The van der Waals surface area contributed by atoms with Gasteiger partial charge >= 0.3 is 0 Å². The van der Waals surface area contributed by atoms with E-state index in [-0.39, 0.29) is 35.6 Å². The number of amides is 1. The molecule has 2 aromatic heterocycles. The van der Waals surface area contributed by atoms with Crippen LogP contribution >= 0.6 is 35.3 Å². The smallest absolute Gasteiger partial charge is 0.291 e. The number of carbonyl (C=O) groups excluding carboxylic acids is 1. The number of nitrogens with one attached hydrogen (secondary N) is 3. The Labute approximate surface area is 191 Å². The summed E-state index contributed by atoms with van der Waals surface area (Å²) in [4.78, 5) is 20.8. The second-order valence-corrected chi connectivity index (χ2v) is 7.15. The van der Waals surface area contributed by atoms with Crippen molar-refractivity contribution >= 4 is 52.9 Å². The van der Waals surface area contributed by atoms with Crippen molar-refractivity contribution < 1.29 is 9.21 Å². The van der Waals surface area contributed by atoms with Gasteiger partial charge in [0, 0.05) is 37.6 Å². The van der Waals surface area contributed by atoms with E-state index in [9.17, 15) is 4.79 Å². The van der Waals surface area contributed by atoms with Crippen LogP contribution in [0, 0.1) is 6.92 Å². The Morgan fingerprint density at radius 2 is 2.10 bits per heavy atom. The molecule has 154 valence electrons. The summed E-state index contributed by atoms with van der Waals surface area (Å²) < 4.78 is 5.11. The molecule has 9 heteroatoms. The number of carbonyl (C=O) groups is 1. The van der Waals surface area contributed by atoms with Gasteiger partial charge in [0.05, 0.1) is 17.0 Å². The molecule has 0 atom stereocenters. The topological polar surface area (TPSA) is 91.5 Å². The van der Waals surface area contributed by atoms with Crippen LogP contribution in [0.3, 0.4) is 0 Å². The van der Waals surface area contributed by atoms with Crippen molar-refractivity contribution in [3.05, 3.63) is 70.1 Å². The molecule has 0 aliphatic heterocycles. The number of thiazole rings is 1. The standard InChI is InChI=1S/C20H23N5O2S.HI/c1-14-24-17(13-28-14)8-9-22-20(21-2)23-12-15-5-3-6-16(11-15)25-19(26)18-7-4-10-27-18;/h3-7,10-11,13H,8-9,12H2,1-2H3,(H,25,26)(H2,21,22,23);1H. The molecule has 0 saturated heterocycles. The molecule has 7 nitrogen and oxygen atoms in total. The fourth-order valence-corrected chi connectivity index (χ4v) is 3.25. The van der Waals surface area contributed by atoms with Crippen molar-refractivity contribution in [2.45, 2.75) is 19.9 Å². The van der Waals surface area contributed by atoms with E-state index in [1.165, 1.54) is 6.26 Å². The molecular formula is C20H24IN5O2S. The van der Waals surface area contributed by atoms with Crippen molar-refractivity contribution in [1.29, 1.82) is 0 Å². The van der Waals surface area contributed by atoms with Crippen molar-refractivity contribution in [2.24, 2.45) is 4.99 Å². The van der Waals surface area contributed by atoms with Crippen LogP contribution in [0.5, 0.6) is 0 Å². The van der Waals surface area contributed by atoms with E-state index >= 15 is 0 Å². The molecule has 0 saturated carbocycles. The first-order valence-corrected chi connectivity index (χ1v) is 9.81. The molecule has 1 amide bonds. The van der Waals surface area contributed by atoms with Crippen LogP contribution in [0.25, 0.3) is 0 Å².